The molecule has 3 amide bonds. The van der Waals surface area contributed by atoms with Crippen LogP contribution < -0.4 is 20.4 Å². The minimum Gasteiger partial charge on any atom is -0.460 e. The molecule has 4 fully saturated rings. The van der Waals surface area contributed by atoms with Gasteiger partial charge in [-0.2, -0.15) is 0 Å². The number of carbonyl (C=O) groups is 7. The number of fused-ring (bicyclic) bond motifs is 3. The number of alkyl carbamates (subject to hydrolysis) is 1. The lowest BCUT2D eigenvalue weighted by atomic mass is 9.78. The molecule has 95 heavy (non-hydrogen) atoms. The number of anilines is 2. The molecule has 5 aliphatic rings. The first-order valence-corrected chi connectivity index (χ1v) is 33.9. The van der Waals surface area contributed by atoms with Crippen LogP contribution in [0.15, 0.2) is 72.4 Å². The predicted octanol–water partition coefficient (Wildman–Crippen LogP) is 6.79. The van der Waals surface area contributed by atoms with Gasteiger partial charge in [-0.3, -0.25) is 24.0 Å². The first-order chi connectivity index (χ1) is 45.5. The van der Waals surface area contributed by atoms with Crippen LogP contribution in [0.4, 0.5) is 16.7 Å². The number of esters is 1. The number of nitrogens with one attached hydrogen (secondary N) is 2. The largest absolute Gasteiger partial charge is 0.460 e. The number of amides is 3. The van der Waals surface area contributed by atoms with Crippen LogP contribution in [0.25, 0.3) is 0 Å². The zero-order valence-electron chi connectivity index (χ0n) is 57.4. The lowest BCUT2D eigenvalue weighted by Gasteiger charge is -2.42. The monoisotopic (exact) mass is 1330 g/mol. The number of rotatable bonds is 16. The van der Waals surface area contributed by atoms with E-state index < -0.39 is 102 Å². The van der Waals surface area contributed by atoms with Crippen molar-refractivity contribution in [1.82, 2.24) is 35.5 Å². The Morgan fingerprint density at radius 1 is 0.779 bits per heavy atom. The fourth-order valence-electron chi connectivity index (χ4n) is 13.4. The minimum absolute atomic E-state index is 0.0145. The molecule has 1 aliphatic carbocycles. The van der Waals surface area contributed by atoms with E-state index in [2.05, 4.69) is 30.6 Å². The van der Waals surface area contributed by atoms with E-state index in [1.165, 1.54) is 24.4 Å². The zero-order chi connectivity index (χ0) is 68.9. The first kappa shape index (κ1) is 75.5. The Hall–Kier alpha value is -6.87. The summed E-state index contributed by atoms with van der Waals surface area (Å²) in [7, 11) is 4.49. The van der Waals surface area contributed by atoms with E-state index in [-0.39, 0.29) is 61.7 Å². The number of ether oxygens (including phenoxy) is 7. The van der Waals surface area contributed by atoms with Crippen LogP contribution in [0.3, 0.4) is 0 Å². The van der Waals surface area contributed by atoms with Crippen molar-refractivity contribution in [3.05, 3.63) is 83.5 Å². The molecule has 25 heteroatoms. The van der Waals surface area contributed by atoms with Crippen molar-refractivity contribution in [3.8, 4) is 0 Å². The molecule has 2 bridgehead atoms. The number of cyclic esters (lactones) is 1. The molecule has 7 rings (SSSR count). The van der Waals surface area contributed by atoms with Crippen LogP contribution in [0, 0.1) is 35.5 Å². The first-order valence-electron chi connectivity index (χ1n) is 33.9. The van der Waals surface area contributed by atoms with E-state index in [1.807, 2.05) is 67.9 Å². The van der Waals surface area contributed by atoms with Crippen LogP contribution in [-0.4, -0.2) is 205 Å². The maximum atomic E-state index is 14.7. The highest BCUT2D eigenvalue weighted by atomic mass is 16.6. The third kappa shape index (κ3) is 20.8. The molecule has 524 valence electrons. The quantitative estimate of drug-likeness (QED) is 0.0582. The van der Waals surface area contributed by atoms with Gasteiger partial charge in [0.25, 0.3) is 17.6 Å². The molecule has 1 saturated carbocycles. The molecule has 2 aromatic heterocycles. The molecular weight excluding hydrogens is 1220 g/mol. The molecular formula is C70H103N9O16. The fraction of sp³-hybridized carbons (Fsp3) is 0.671. The molecule has 0 unspecified atom stereocenters. The predicted molar refractivity (Wildman–Crippen MR) is 354 cm³/mol. The standard InChI is InChI=1S/C70H103N9O16/c1-12-92-31-25-71-64(84)52-41-74-68(75-42-52)78-29-27-77(28-30-78)67-72-38-51(39-73-67)40-76-69(87)94-56-24-22-50(35-59(56)90-10)34-46(5)58-37-55(80)45(4)33-48(7)61(82)62(91-11)60(81)47(6)32-43(2)18-14-13-15-19-44(3)57(89-9)36-53-23-21-49(8)70(88,95-53)63(83)65(85)79-26-17-16-20-54(79)66(86)93-58/h13-15,18-19,33,38-39,41-43,45-47,49-50,53-54,56-59,61-62,82,88H,12,16-17,20-32,34-37,40H2,1-11H3,(H,71,84)(H,76,87)/b15-13+,18-14+,44-19+,48-33+/t43-,45-,46-,47-,49-,50+,53+,54+,56-,57+,58+,59-,61-,62+,70-/m1/s1. The lowest BCUT2D eigenvalue weighted by molar-refractivity contribution is -0.265. The van der Waals surface area contributed by atoms with Crippen molar-refractivity contribution >= 4 is 53.1 Å². The number of aliphatic hydroxyl groups excluding tert-OH is 1. The van der Waals surface area contributed by atoms with Gasteiger partial charge in [-0.05, 0) is 114 Å². The SMILES string of the molecule is CCOCCNC(=O)c1cnc(N2CCN(c3ncc(CNC(=O)O[C@@H]4CC[C@@H](C[C@@H](C)[C@@H]5CC(=O)[C@H](C)/C=C(\C)[C@@H](O)[C@@H](OC)C(=O)[C@H](C)C[C@H](C)/C=C/C=C/C=C(\C)[C@@H](OC)C[C@@H]6CC[C@@H](C)[C@@](O)(O6)C(=O)C(=O)N6CCCC[C@H]6C(=O)O5)C[C@H]4OC)cn3)CC2)nc1. The van der Waals surface area contributed by atoms with E-state index in [4.69, 9.17) is 33.2 Å². The normalized spacial score (nSPS) is 32.2. The van der Waals surface area contributed by atoms with Gasteiger partial charge >= 0.3 is 12.1 Å². The van der Waals surface area contributed by atoms with Gasteiger partial charge in [-0.25, -0.2) is 29.5 Å². The third-order valence-electron chi connectivity index (χ3n) is 19.3. The molecule has 0 aromatic carbocycles. The van der Waals surface area contributed by atoms with Crippen molar-refractivity contribution in [2.75, 3.05) is 83.6 Å². The van der Waals surface area contributed by atoms with Crippen LogP contribution in [-0.2, 0) is 63.7 Å². The van der Waals surface area contributed by atoms with Crippen LogP contribution >= 0.6 is 0 Å². The maximum Gasteiger partial charge on any atom is 0.407 e. The summed E-state index contributed by atoms with van der Waals surface area (Å²) in [5, 5.41) is 29.4. The van der Waals surface area contributed by atoms with Crippen molar-refractivity contribution in [3.63, 3.8) is 0 Å². The number of Topliss-reactive ketones (excluding diaryl/α,β-unsaturated/α-hetero) is 3. The highest BCUT2D eigenvalue weighted by Gasteiger charge is 2.53. The smallest absolute Gasteiger partial charge is 0.407 e. The van der Waals surface area contributed by atoms with E-state index in [1.54, 1.807) is 60.4 Å². The fourth-order valence-corrected chi connectivity index (χ4v) is 13.4. The van der Waals surface area contributed by atoms with Gasteiger partial charge in [0.15, 0.2) is 5.78 Å². The van der Waals surface area contributed by atoms with Crippen molar-refractivity contribution in [1.29, 1.82) is 0 Å². The number of methoxy groups -OCH3 is 3. The second kappa shape index (κ2) is 36.5. The molecule has 6 heterocycles. The molecule has 4 N–H and O–H groups in total. The number of allylic oxidation sites excluding steroid dienone is 6. The molecule has 2 aromatic rings. The maximum absolute atomic E-state index is 14.7. The lowest BCUT2D eigenvalue weighted by Crippen LogP contribution is -2.61. The number of hydrogen-bond donors (Lipinski definition) is 4. The number of piperidine rings is 1. The van der Waals surface area contributed by atoms with Gasteiger partial charge in [0.05, 0.1) is 30.5 Å². The Balaban J connectivity index is 0.999. The topological polar surface area (TPSA) is 310 Å². The van der Waals surface area contributed by atoms with Gasteiger partial charge in [0.1, 0.15) is 36.2 Å². The summed E-state index contributed by atoms with van der Waals surface area (Å²) >= 11 is 0. The van der Waals surface area contributed by atoms with Gasteiger partial charge in [0.2, 0.25) is 17.7 Å². The third-order valence-corrected chi connectivity index (χ3v) is 19.3. The summed E-state index contributed by atoms with van der Waals surface area (Å²) in [5.74, 6) is -7.84. The van der Waals surface area contributed by atoms with E-state index >= 15 is 0 Å². The molecule has 0 radical (unpaired) electrons. The van der Waals surface area contributed by atoms with Crippen LogP contribution in [0.1, 0.15) is 148 Å². The van der Waals surface area contributed by atoms with E-state index in [0.717, 1.165) is 5.57 Å². The number of carbonyl (C=O) groups excluding carboxylic acids is 7. The van der Waals surface area contributed by atoms with Gasteiger partial charge in [-0.15, -0.1) is 0 Å². The minimum atomic E-state index is -2.48. The average Bonchev–Trinajstić information content (AvgIpc) is 0.795. The van der Waals surface area contributed by atoms with Gasteiger partial charge < -0.3 is 68.7 Å². The van der Waals surface area contributed by atoms with Gasteiger partial charge in [0, 0.05) is 135 Å². The highest BCUT2D eigenvalue weighted by molar-refractivity contribution is 6.39. The number of aromatic nitrogens is 4. The molecule has 3 saturated heterocycles. The molecule has 4 aliphatic heterocycles. The Bertz CT molecular complexity index is 3010. The number of hydrogen-bond acceptors (Lipinski definition) is 22. The summed E-state index contributed by atoms with van der Waals surface area (Å²) in [6, 6.07) is -1.21. The van der Waals surface area contributed by atoms with E-state index in [0.29, 0.717) is 132 Å². The second-order valence-electron chi connectivity index (χ2n) is 26.4. The number of ketones is 3. The highest BCUT2D eigenvalue weighted by Crippen LogP contribution is 2.38. The summed E-state index contributed by atoms with van der Waals surface area (Å²) in [6.45, 7) is 18.4. The van der Waals surface area contributed by atoms with Crippen LogP contribution in [0.5, 0.6) is 0 Å². The molecule has 0 spiro atoms. The zero-order valence-corrected chi connectivity index (χ0v) is 57.4. The van der Waals surface area contributed by atoms with Gasteiger partial charge in [-0.1, -0.05) is 71.1 Å². The Morgan fingerprint density at radius 2 is 1.46 bits per heavy atom. The van der Waals surface area contributed by atoms with E-state index in [9.17, 15) is 43.8 Å². The Kier molecular flexibility index (Phi) is 29.0. The summed E-state index contributed by atoms with van der Waals surface area (Å²) < 4.78 is 41.3. The number of aliphatic hydroxyl groups is 2. The number of nitrogens with zero attached hydrogens (tertiary/aromatic N) is 7. The van der Waals surface area contributed by atoms with Crippen molar-refractivity contribution in [2.24, 2.45) is 35.5 Å². The molecule has 25 nitrogen and oxygen atoms in total. The summed E-state index contributed by atoms with van der Waals surface area (Å²) in [5.41, 5.74) is 2.24. The Labute approximate surface area is 559 Å². The molecule has 15 atom stereocenters. The summed E-state index contributed by atoms with van der Waals surface area (Å²) in [6.07, 6.45) is 15.7. The van der Waals surface area contributed by atoms with Crippen LogP contribution in [0.2, 0.25) is 0 Å². The number of piperazine rings is 1. The average molecular weight is 1330 g/mol. The second-order valence-corrected chi connectivity index (χ2v) is 26.4. The summed E-state index contributed by atoms with van der Waals surface area (Å²) in [4.78, 5) is 121. The van der Waals surface area contributed by atoms with Crippen molar-refractivity contribution < 1.29 is 76.9 Å². The van der Waals surface area contributed by atoms with Crippen molar-refractivity contribution in [2.45, 2.75) is 194 Å². The Morgan fingerprint density at radius 3 is 2.12 bits per heavy atom.